The van der Waals surface area contributed by atoms with Crippen molar-refractivity contribution in [3.63, 3.8) is 0 Å². The van der Waals surface area contributed by atoms with Gasteiger partial charge in [-0.3, -0.25) is 0 Å². The second-order valence-electron chi connectivity index (χ2n) is 24.9. The smallest absolute Gasteiger partial charge is 0.333 e. The second-order valence-corrected chi connectivity index (χ2v) is 24.9. The summed E-state index contributed by atoms with van der Waals surface area (Å²) in [5.74, 6) is 0. The molecule has 0 spiro atoms. The molecule has 0 bridgehead atoms. The summed E-state index contributed by atoms with van der Waals surface area (Å²) in [5.41, 5.74) is 27.1. The van der Waals surface area contributed by atoms with Crippen LogP contribution < -0.4 is 15.7 Å². The van der Waals surface area contributed by atoms with Crippen LogP contribution in [0.2, 0.25) is 0 Å². The lowest BCUT2D eigenvalue weighted by Crippen LogP contribution is -2.61. The molecule has 2 aromatic heterocycles. The molecule has 0 saturated heterocycles. The molecule has 4 heterocycles. The fourth-order valence-corrected chi connectivity index (χ4v) is 13.5. The third kappa shape index (κ3) is 5.44. The molecule has 0 unspecified atom stereocenters. The van der Waals surface area contributed by atoms with Crippen molar-refractivity contribution in [1.29, 1.82) is 0 Å². The van der Waals surface area contributed by atoms with Crippen LogP contribution in [-0.4, -0.2) is 16.0 Å². The predicted octanol–water partition coefficient (Wildman–Crippen LogP) is 15.4. The van der Waals surface area contributed by atoms with Crippen molar-refractivity contribution in [2.75, 3.05) is 4.81 Å². The van der Waals surface area contributed by atoms with Gasteiger partial charge in [0, 0.05) is 51.6 Å². The Bertz CT molecular complexity index is 3670. The molecule has 0 radical (unpaired) electrons. The number of nitrogens with zero attached hydrogens (tertiary/aromatic N) is 3. The minimum Gasteiger partial charge on any atom is -0.376 e. The Balaban J connectivity index is 1.28. The lowest BCUT2D eigenvalue weighted by atomic mass is 9.43. The number of hydrogen-bond acceptors (Lipinski definition) is 1. The maximum atomic E-state index is 2.76. The molecule has 0 N–H and O–H groups in total. The Hall–Kier alpha value is -6.26. The molecule has 4 heteroatoms. The van der Waals surface area contributed by atoms with Crippen molar-refractivity contribution in [3.05, 3.63) is 161 Å². The first-order valence-electron chi connectivity index (χ1n) is 25.2. The highest BCUT2D eigenvalue weighted by molar-refractivity contribution is 6.94. The zero-order valence-corrected chi connectivity index (χ0v) is 42.5. The Morgan fingerprint density at radius 2 is 1.21 bits per heavy atom. The van der Waals surface area contributed by atoms with Gasteiger partial charge in [-0.25, -0.2) is 0 Å². The summed E-state index contributed by atoms with van der Waals surface area (Å²) in [6.07, 6.45) is 2.35. The summed E-state index contributed by atoms with van der Waals surface area (Å²) in [6.45, 7) is 29.0. The van der Waals surface area contributed by atoms with Gasteiger partial charge in [-0.2, -0.15) is 0 Å². The average molecular weight is 886 g/mol. The molecular weight excluding hydrogens is 822 g/mol. The number of fused-ring (bicyclic) bond motifs is 15. The van der Waals surface area contributed by atoms with E-state index < -0.39 is 0 Å². The monoisotopic (exact) mass is 886 g/mol. The summed E-state index contributed by atoms with van der Waals surface area (Å²) >= 11 is 0. The van der Waals surface area contributed by atoms with Crippen molar-refractivity contribution < 1.29 is 0 Å². The molecule has 0 amide bonds. The molecule has 9 aromatic rings. The summed E-state index contributed by atoms with van der Waals surface area (Å²) in [6, 6.07) is 50.3. The van der Waals surface area contributed by atoms with Gasteiger partial charge in [0.1, 0.15) is 0 Å². The topological polar surface area (TPSA) is 13.1 Å². The van der Waals surface area contributed by atoms with Crippen LogP contribution >= 0.6 is 0 Å². The van der Waals surface area contributed by atoms with Gasteiger partial charge in [0.05, 0.1) is 16.6 Å². The third-order valence-corrected chi connectivity index (χ3v) is 17.4. The number of anilines is 2. The van der Waals surface area contributed by atoms with Crippen LogP contribution in [0.4, 0.5) is 11.4 Å². The Morgan fingerprint density at radius 3 is 1.90 bits per heavy atom. The first-order chi connectivity index (χ1) is 32.2. The molecule has 0 fully saturated rings. The highest BCUT2D eigenvalue weighted by atomic mass is 15.1. The van der Waals surface area contributed by atoms with Gasteiger partial charge in [0.2, 0.25) is 0 Å². The van der Waals surface area contributed by atoms with Gasteiger partial charge in [-0.1, -0.05) is 162 Å². The first-order valence-corrected chi connectivity index (χ1v) is 25.2. The van der Waals surface area contributed by atoms with Crippen LogP contribution in [0.1, 0.15) is 129 Å². The largest absolute Gasteiger partial charge is 0.376 e. The number of aromatic nitrogens is 2. The van der Waals surface area contributed by atoms with Gasteiger partial charge < -0.3 is 13.9 Å². The quantitative estimate of drug-likeness (QED) is 0.158. The van der Waals surface area contributed by atoms with E-state index in [9.17, 15) is 0 Å². The van der Waals surface area contributed by atoms with Gasteiger partial charge in [-0.15, -0.1) is 0 Å². The molecule has 68 heavy (non-hydrogen) atoms. The number of aryl methyl sites for hydroxylation is 1. The summed E-state index contributed by atoms with van der Waals surface area (Å²) in [7, 11) is 2.26. The van der Waals surface area contributed by atoms with Crippen molar-refractivity contribution >= 4 is 61.9 Å². The Morgan fingerprint density at radius 1 is 0.559 bits per heavy atom. The zero-order valence-electron chi connectivity index (χ0n) is 42.5. The van der Waals surface area contributed by atoms with Gasteiger partial charge in [-0.05, 0) is 155 Å². The molecule has 13 rings (SSSR count). The van der Waals surface area contributed by atoms with Crippen LogP contribution in [-0.2, 0) is 34.1 Å². The van der Waals surface area contributed by atoms with Crippen LogP contribution in [0.5, 0.6) is 0 Å². The normalized spacial score (nSPS) is 17.1. The van der Waals surface area contributed by atoms with Gasteiger partial charge >= 0.3 is 6.85 Å². The molecule has 2 aliphatic heterocycles. The maximum Gasteiger partial charge on any atom is 0.333 e. The van der Waals surface area contributed by atoms with E-state index in [2.05, 4.69) is 231 Å². The molecule has 2 aliphatic carbocycles. The van der Waals surface area contributed by atoms with E-state index in [0.29, 0.717) is 0 Å². The predicted molar refractivity (Wildman–Crippen MR) is 292 cm³/mol. The standard InChI is InChI=1S/C64H64BN3/c1-60(2,3)39-23-26-41(27-24-39)68-49-28-25-40(61(4,5)6)33-43(49)56-57-54(42-21-17-18-22-45(42)64(57,11)12)55-44-34-46-47(63(9,10)30-29-62(46,7)8)35-52(44)67-53-36-51-38(31-48(53)65(68)58(56)59(55)67)32-50(66(51)13)37-19-15-14-16-20-37/h14-28,31-36H,29-30H2,1-13H3. The average Bonchev–Trinajstić information content (AvgIpc) is 3.90. The van der Waals surface area contributed by atoms with Crippen LogP contribution in [0.25, 0.3) is 71.9 Å². The molecule has 0 saturated carbocycles. The fraction of sp³-hybridized carbons (Fsp3) is 0.312. The maximum absolute atomic E-state index is 2.76. The van der Waals surface area contributed by atoms with E-state index in [4.69, 9.17) is 0 Å². The summed E-state index contributed by atoms with van der Waals surface area (Å²) in [5, 5.41) is 4.07. The van der Waals surface area contributed by atoms with E-state index in [1.807, 2.05) is 0 Å². The lowest BCUT2D eigenvalue weighted by Gasteiger charge is -2.44. The zero-order chi connectivity index (χ0) is 47.4. The molecule has 338 valence electrons. The SMILES string of the molecule is Cn1c(-c2ccccc2)cc2cc3c(cc21)-n1c2cc4c(cc2c2c5c(c6c(c21)B3N(c1ccc(C(C)(C)C)cc1)c1ccc(C(C)(C)C)cc1-6)C(C)(C)c1ccccc1-5)C(C)(C)CCC4(C)C. The fourth-order valence-electron chi connectivity index (χ4n) is 13.5. The van der Waals surface area contributed by atoms with Crippen LogP contribution in [0.3, 0.4) is 0 Å². The molecule has 0 atom stereocenters. The summed E-state index contributed by atoms with van der Waals surface area (Å²) < 4.78 is 5.19. The third-order valence-electron chi connectivity index (χ3n) is 17.4. The molecule has 4 aliphatic rings. The number of benzene rings is 7. The van der Waals surface area contributed by atoms with Crippen molar-refractivity contribution in [2.45, 2.75) is 123 Å². The van der Waals surface area contributed by atoms with Crippen molar-refractivity contribution in [2.24, 2.45) is 7.05 Å². The Kier molecular flexibility index (Phi) is 8.19. The lowest BCUT2D eigenvalue weighted by molar-refractivity contribution is 0.332. The first kappa shape index (κ1) is 41.9. The van der Waals surface area contributed by atoms with Crippen molar-refractivity contribution in [3.8, 4) is 39.2 Å². The number of hydrogen-bond donors (Lipinski definition) is 0. The highest BCUT2D eigenvalue weighted by Crippen LogP contribution is 2.60. The molecular formula is C64H64BN3. The van der Waals surface area contributed by atoms with E-state index in [1.165, 1.54) is 140 Å². The van der Waals surface area contributed by atoms with Crippen molar-refractivity contribution in [1.82, 2.24) is 9.13 Å². The van der Waals surface area contributed by atoms with E-state index in [0.717, 1.165) is 0 Å². The minimum atomic E-state index is -0.250. The van der Waals surface area contributed by atoms with Crippen LogP contribution in [0.15, 0.2) is 127 Å². The minimum absolute atomic E-state index is 0.0376. The number of rotatable bonds is 2. The molecule has 7 aromatic carbocycles. The van der Waals surface area contributed by atoms with Crippen LogP contribution in [0, 0.1) is 0 Å². The summed E-state index contributed by atoms with van der Waals surface area (Å²) in [4.78, 5) is 2.74. The van der Waals surface area contributed by atoms with E-state index in [1.54, 1.807) is 0 Å². The highest BCUT2D eigenvalue weighted by Gasteiger charge is 2.51. The van der Waals surface area contributed by atoms with E-state index in [-0.39, 0.29) is 33.9 Å². The Labute approximate surface area is 403 Å². The molecule has 3 nitrogen and oxygen atoms in total. The van der Waals surface area contributed by atoms with Gasteiger partial charge in [0.25, 0.3) is 0 Å². The second kappa shape index (κ2) is 13.3. The van der Waals surface area contributed by atoms with E-state index >= 15 is 0 Å². The van der Waals surface area contributed by atoms with Gasteiger partial charge in [0.15, 0.2) is 0 Å².